The van der Waals surface area contributed by atoms with Crippen LogP contribution in [0, 0.1) is 0 Å². The number of hydrogen-bond acceptors (Lipinski definition) is 6. The van der Waals surface area contributed by atoms with Gasteiger partial charge in [-0.05, 0) is 0 Å². The zero-order chi connectivity index (χ0) is 9.30. The summed E-state index contributed by atoms with van der Waals surface area (Å²) in [7, 11) is 0. The molecule has 3 unspecified atom stereocenters. The van der Waals surface area contributed by atoms with Crippen molar-refractivity contribution in [2.75, 3.05) is 6.54 Å². The van der Waals surface area contributed by atoms with Gasteiger partial charge in [0.1, 0.15) is 12.2 Å². The molecule has 0 aromatic carbocycles. The van der Waals surface area contributed by atoms with E-state index < -0.39 is 30.6 Å². The Hall–Kier alpha value is -0.240. The maximum absolute atomic E-state index is 9.32. The highest BCUT2D eigenvalue weighted by Gasteiger charge is 2.40. The first-order valence-electron chi connectivity index (χ1n) is 3.73. The Morgan fingerprint density at radius 1 is 1.17 bits per heavy atom. The Bertz CT molecular complexity index is 152. The number of nitrogens with two attached hydrogens (primary N) is 2. The minimum Gasteiger partial charge on any atom is -0.389 e. The molecule has 0 aliphatic carbocycles. The molecule has 7 N–H and O–H groups in total. The van der Waals surface area contributed by atoms with Crippen molar-refractivity contribution >= 4 is 0 Å². The van der Waals surface area contributed by atoms with Gasteiger partial charge in [-0.1, -0.05) is 0 Å². The van der Waals surface area contributed by atoms with Gasteiger partial charge in [0.25, 0.3) is 0 Å². The van der Waals surface area contributed by atoms with Crippen molar-refractivity contribution in [3.63, 3.8) is 0 Å². The summed E-state index contributed by atoms with van der Waals surface area (Å²) in [6.07, 6.45) is -4.37. The lowest BCUT2D eigenvalue weighted by Gasteiger charge is -2.38. The summed E-state index contributed by atoms with van der Waals surface area (Å²) in [4.78, 5) is 0. The van der Waals surface area contributed by atoms with Crippen LogP contribution in [0.1, 0.15) is 0 Å². The van der Waals surface area contributed by atoms with Crippen LogP contribution >= 0.6 is 0 Å². The van der Waals surface area contributed by atoms with Crippen molar-refractivity contribution < 1.29 is 20.1 Å². The minimum absolute atomic E-state index is 0.0542. The Morgan fingerprint density at radius 2 is 1.75 bits per heavy atom. The molecule has 1 saturated heterocycles. The first-order valence-corrected chi connectivity index (χ1v) is 3.73. The van der Waals surface area contributed by atoms with Crippen LogP contribution in [0.2, 0.25) is 0 Å². The lowest BCUT2D eigenvalue weighted by Crippen LogP contribution is -2.62. The molecule has 1 aliphatic rings. The standard InChI is InChI=1S/C6H14N2O4/c7-1-2-4(9)3(8)5(10)6(11)12-2/h2-6,9-11H,1,7-8H2/t2?,3-,4?,5?,6+/m1/s1. The average Bonchev–Trinajstić information content (AvgIpc) is 2.08. The van der Waals surface area contributed by atoms with Crippen LogP contribution in [0.25, 0.3) is 0 Å². The predicted molar refractivity (Wildman–Crippen MR) is 39.9 cm³/mol. The van der Waals surface area contributed by atoms with Gasteiger partial charge in [0.15, 0.2) is 6.29 Å². The van der Waals surface area contributed by atoms with Crippen LogP contribution in [0.4, 0.5) is 0 Å². The maximum Gasteiger partial charge on any atom is 0.182 e. The van der Waals surface area contributed by atoms with E-state index in [1.54, 1.807) is 0 Å². The zero-order valence-electron chi connectivity index (χ0n) is 6.50. The summed E-state index contributed by atoms with van der Waals surface area (Å²) in [5.74, 6) is 0. The average molecular weight is 178 g/mol. The van der Waals surface area contributed by atoms with Gasteiger partial charge in [-0.25, -0.2) is 0 Å². The van der Waals surface area contributed by atoms with Crippen molar-refractivity contribution in [2.24, 2.45) is 11.5 Å². The first kappa shape index (κ1) is 9.85. The number of hydrogen-bond donors (Lipinski definition) is 5. The highest BCUT2D eigenvalue weighted by Crippen LogP contribution is 2.17. The second-order valence-electron chi connectivity index (χ2n) is 2.86. The molecule has 0 saturated carbocycles. The summed E-state index contributed by atoms with van der Waals surface area (Å²) in [5.41, 5.74) is 10.6. The van der Waals surface area contributed by atoms with Gasteiger partial charge in [0.05, 0.1) is 12.1 Å². The lowest BCUT2D eigenvalue weighted by molar-refractivity contribution is -0.249. The number of rotatable bonds is 1. The highest BCUT2D eigenvalue weighted by atomic mass is 16.6. The monoisotopic (exact) mass is 178 g/mol. The van der Waals surface area contributed by atoms with E-state index in [2.05, 4.69) is 0 Å². The van der Waals surface area contributed by atoms with Gasteiger partial charge >= 0.3 is 0 Å². The molecule has 1 aliphatic heterocycles. The van der Waals surface area contributed by atoms with E-state index in [1.165, 1.54) is 0 Å². The third kappa shape index (κ3) is 1.58. The van der Waals surface area contributed by atoms with Crippen LogP contribution in [0.15, 0.2) is 0 Å². The van der Waals surface area contributed by atoms with Gasteiger partial charge < -0.3 is 31.5 Å². The third-order valence-electron chi connectivity index (χ3n) is 2.01. The number of ether oxygens (including phenoxy) is 1. The van der Waals surface area contributed by atoms with Crippen LogP contribution in [-0.2, 0) is 4.74 Å². The van der Waals surface area contributed by atoms with Crippen LogP contribution in [0.5, 0.6) is 0 Å². The molecule has 0 aromatic rings. The molecule has 0 amide bonds. The largest absolute Gasteiger partial charge is 0.389 e. The SMILES string of the molecule is NCC1O[C@H](O)C(O)[C@H](N)C1O. The molecular formula is C6H14N2O4. The highest BCUT2D eigenvalue weighted by molar-refractivity contribution is 4.91. The number of aliphatic hydroxyl groups excluding tert-OH is 3. The molecule has 6 nitrogen and oxygen atoms in total. The van der Waals surface area contributed by atoms with Crippen LogP contribution in [0.3, 0.4) is 0 Å². The fraction of sp³-hybridized carbons (Fsp3) is 1.00. The summed E-state index contributed by atoms with van der Waals surface area (Å²) in [6.45, 7) is 0.0542. The zero-order valence-corrected chi connectivity index (χ0v) is 6.50. The van der Waals surface area contributed by atoms with Gasteiger partial charge in [-0.3, -0.25) is 0 Å². The smallest absolute Gasteiger partial charge is 0.182 e. The minimum atomic E-state index is -1.36. The Labute approximate surface area is 69.7 Å². The van der Waals surface area contributed by atoms with E-state index in [1.807, 2.05) is 0 Å². The van der Waals surface area contributed by atoms with Crippen molar-refractivity contribution in [3.05, 3.63) is 0 Å². The molecule has 0 spiro atoms. The summed E-state index contributed by atoms with van der Waals surface area (Å²) >= 11 is 0. The maximum atomic E-state index is 9.32. The molecule has 1 fully saturated rings. The van der Waals surface area contributed by atoms with E-state index >= 15 is 0 Å². The second kappa shape index (κ2) is 3.65. The van der Waals surface area contributed by atoms with Crippen molar-refractivity contribution in [2.45, 2.75) is 30.6 Å². The fourth-order valence-corrected chi connectivity index (χ4v) is 1.18. The van der Waals surface area contributed by atoms with Gasteiger partial charge in [0.2, 0.25) is 0 Å². The van der Waals surface area contributed by atoms with E-state index in [-0.39, 0.29) is 6.54 Å². The molecule has 1 rings (SSSR count). The molecule has 6 heteroatoms. The van der Waals surface area contributed by atoms with Gasteiger partial charge in [0, 0.05) is 6.54 Å². The van der Waals surface area contributed by atoms with E-state index in [0.29, 0.717) is 0 Å². The fourth-order valence-electron chi connectivity index (χ4n) is 1.18. The molecule has 1 heterocycles. The normalized spacial score (nSPS) is 49.2. The quantitative estimate of drug-likeness (QED) is 0.287. The van der Waals surface area contributed by atoms with E-state index in [0.717, 1.165) is 0 Å². The summed E-state index contributed by atoms with van der Waals surface area (Å²) in [6, 6.07) is -0.915. The molecule has 12 heavy (non-hydrogen) atoms. The van der Waals surface area contributed by atoms with Crippen LogP contribution in [-0.4, -0.2) is 52.5 Å². The topological polar surface area (TPSA) is 122 Å². The molecule has 0 bridgehead atoms. The van der Waals surface area contributed by atoms with Crippen molar-refractivity contribution in [3.8, 4) is 0 Å². The molecule has 72 valence electrons. The summed E-state index contributed by atoms with van der Waals surface area (Å²) in [5, 5.41) is 27.5. The van der Waals surface area contributed by atoms with E-state index in [9.17, 15) is 5.11 Å². The van der Waals surface area contributed by atoms with Gasteiger partial charge in [-0.15, -0.1) is 0 Å². The van der Waals surface area contributed by atoms with Crippen molar-refractivity contribution in [1.82, 2.24) is 0 Å². The third-order valence-corrected chi connectivity index (χ3v) is 2.01. The first-order chi connectivity index (χ1) is 5.57. The predicted octanol–water partition coefficient (Wildman–Crippen LogP) is -3.29. The number of aliphatic hydroxyl groups is 3. The molecule has 5 atom stereocenters. The lowest BCUT2D eigenvalue weighted by atomic mass is 9.97. The second-order valence-corrected chi connectivity index (χ2v) is 2.86. The van der Waals surface area contributed by atoms with Crippen LogP contribution < -0.4 is 11.5 Å². The van der Waals surface area contributed by atoms with Gasteiger partial charge in [-0.2, -0.15) is 0 Å². The molecular weight excluding hydrogens is 164 g/mol. The molecule has 0 aromatic heterocycles. The van der Waals surface area contributed by atoms with E-state index in [4.69, 9.17) is 26.4 Å². The Morgan fingerprint density at radius 3 is 2.25 bits per heavy atom. The molecule has 0 radical (unpaired) electrons. The Kier molecular flexibility index (Phi) is 2.99. The Balaban J connectivity index is 2.63. The van der Waals surface area contributed by atoms with Crippen molar-refractivity contribution in [1.29, 1.82) is 0 Å². The summed E-state index contributed by atoms with van der Waals surface area (Å²) < 4.78 is 4.78.